The summed E-state index contributed by atoms with van der Waals surface area (Å²) in [7, 11) is 0. The van der Waals surface area contributed by atoms with Crippen LogP contribution in [-0.4, -0.2) is 22.1 Å². The van der Waals surface area contributed by atoms with E-state index in [1.54, 1.807) is 6.08 Å². The maximum absolute atomic E-state index is 11.3. The largest absolute Gasteiger partial charge is 0.465 e. The molecule has 3 aromatic rings. The van der Waals surface area contributed by atoms with Crippen molar-refractivity contribution in [1.29, 1.82) is 0 Å². The molecule has 0 saturated carbocycles. The lowest BCUT2D eigenvalue weighted by Crippen LogP contribution is -2.22. The molecule has 3 rings (SSSR count). The van der Waals surface area contributed by atoms with Gasteiger partial charge in [-0.05, 0) is 54.2 Å². The number of nitrogens with zero attached hydrogens (tertiary/aromatic N) is 1. The second-order valence-corrected chi connectivity index (χ2v) is 8.05. The van der Waals surface area contributed by atoms with Crippen molar-refractivity contribution >= 4 is 29.0 Å². The van der Waals surface area contributed by atoms with Crippen LogP contribution in [-0.2, 0) is 17.8 Å². The summed E-state index contributed by atoms with van der Waals surface area (Å²) in [6.45, 7) is 6.41. The lowest BCUT2D eigenvalue weighted by Gasteiger charge is -2.19. The molecule has 1 heterocycles. The van der Waals surface area contributed by atoms with Crippen molar-refractivity contribution in [2.24, 2.45) is 11.7 Å². The third-order valence-electron chi connectivity index (χ3n) is 4.99. The number of carbonyl (C=O) groups excluding carboxylic acids is 1. The number of carbonyl (C=O) groups is 2. The number of rotatable bonds is 7. The topological polar surface area (TPSA) is 105 Å². The number of hydrogen-bond acceptors (Lipinski definition) is 3. The van der Waals surface area contributed by atoms with Crippen molar-refractivity contribution in [3.63, 3.8) is 0 Å². The zero-order chi connectivity index (χ0) is 22.5. The first-order valence-electron chi connectivity index (χ1n) is 10.2. The highest BCUT2D eigenvalue weighted by molar-refractivity contribution is 5.98. The molecule has 0 radical (unpaired) electrons. The van der Waals surface area contributed by atoms with Gasteiger partial charge in [0.05, 0.1) is 5.52 Å². The normalized spacial score (nSPS) is 11.4. The molecule has 6 heteroatoms. The maximum atomic E-state index is 11.3. The summed E-state index contributed by atoms with van der Waals surface area (Å²) in [6, 6.07) is 13.9. The van der Waals surface area contributed by atoms with Gasteiger partial charge in [0.2, 0.25) is 5.91 Å². The van der Waals surface area contributed by atoms with Crippen molar-refractivity contribution in [3.8, 4) is 11.1 Å². The summed E-state index contributed by atoms with van der Waals surface area (Å²) < 4.78 is 0. The molecule has 0 bridgehead atoms. The van der Waals surface area contributed by atoms with Crippen LogP contribution in [0.4, 0.5) is 4.79 Å². The van der Waals surface area contributed by atoms with E-state index < -0.39 is 12.0 Å². The Labute approximate surface area is 181 Å². The van der Waals surface area contributed by atoms with E-state index in [2.05, 4.69) is 19.2 Å². The molecule has 0 aliphatic rings. The van der Waals surface area contributed by atoms with Crippen molar-refractivity contribution in [3.05, 3.63) is 70.9 Å². The Hall–Kier alpha value is -3.67. The van der Waals surface area contributed by atoms with Gasteiger partial charge in [-0.1, -0.05) is 49.7 Å². The van der Waals surface area contributed by atoms with Crippen molar-refractivity contribution in [2.75, 3.05) is 0 Å². The summed E-state index contributed by atoms with van der Waals surface area (Å²) in [6.07, 6.45) is 2.64. The zero-order valence-corrected chi connectivity index (χ0v) is 18.0. The van der Waals surface area contributed by atoms with Crippen LogP contribution in [0.15, 0.2) is 48.5 Å². The number of nitrogens with one attached hydrogen (secondary N) is 1. The van der Waals surface area contributed by atoms with E-state index >= 15 is 0 Å². The minimum Gasteiger partial charge on any atom is -0.465 e. The van der Waals surface area contributed by atoms with Gasteiger partial charge in [-0.25, -0.2) is 4.79 Å². The van der Waals surface area contributed by atoms with E-state index in [0.717, 1.165) is 50.8 Å². The average molecular weight is 418 g/mol. The molecule has 1 aromatic heterocycles. The summed E-state index contributed by atoms with van der Waals surface area (Å²) in [5.74, 6) is -0.159. The third-order valence-corrected chi connectivity index (χ3v) is 4.99. The SMILES string of the molecule is Cc1ccc(-c2c(CNC(=O)O)c(CC(C)C)nc3ccc(C=CC(N)=O)cc23)cc1. The molecule has 160 valence electrons. The lowest BCUT2D eigenvalue weighted by atomic mass is 9.90. The Morgan fingerprint density at radius 3 is 2.48 bits per heavy atom. The Kier molecular flexibility index (Phi) is 6.70. The van der Waals surface area contributed by atoms with E-state index in [9.17, 15) is 14.7 Å². The minimum atomic E-state index is -1.08. The molecule has 0 unspecified atom stereocenters. The Morgan fingerprint density at radius 2 is 1.87 bits per heavy atom. The van der Waals surface area contributed by atoms with Crippen LogP contribution in [0.5, 0.6) is 0 Å². The molecule has 31 heavy (non-hydrogen) atoms. The monoisotopic (exact) mass is 417 g/mol. The van der Waals surface area contributed by atoms with Crippen molar-refractivity contribution < 1.29 is 14.7 Å². The van der Waals surface area contributed by atoms with Crippen LogP contribution in [0.25, 0.3) is 28.1 Å². The standard InChI is InChI=1S/C25H27N3O3/c1-15(2)12-22-20(14-27-25(30)31)24(18-8-4-16(3)5-9-18)19-13-17(7-11-23(26)29)6-10-21(19)28-22/h4-11,13,15,27H,12,14H2,1-3H3,(H2,26,29)(H,30,31). The fraction of sp³-hybridized carbons (Fsp3) is 0.240. The van der Waals surface area contributed by atoms with Gasteiger partial charge in [0.25, 0.3) is 0 Å². The molecule has 0 atom stereocenters. The van der Waals surface area contributed by atoms with Crippen LogP contribution in [0.3, 0.4) is 0 Å². The second kappa shape index (κ2) is 9.43. The van der Waals surface area contributed by atoms with Gasteiger partial charge in [0, 0.05) is 29.3 Å². The van der Waals surface area contributed by atoms with E-state index in [1.807, 2.05) is 49.4 Å². The number of hydrogen-bond donors (Lipinski definition) is 3. The van der Waals surface area contributed by atoms with Gasteiger partial charge in [-0.3, -0.25) is 9.78 Å². The summed E-state index contributed by atoms with van der Waals surface area (Å²) >= 11 is 0. The minimum absolute atomic E-state index is 0.158. The second-order valence-electron chi connectivity index (χ2n) is 8.05. The highest BCUT2D eigenvalue weighted by Crippen LogP contribution is 2.35. The van der Waals surface area contributed by atoms with Gasteiger partial charge in [0.1, 0.15) is 0 Å². The number of nitrogens with two attached hydrogens (primary N) is 1. The highest BCUT2D eigenvalue weighted by atomic mass is 16.4. The third kappa shape index (κ3) is 5.48. The first-order chi connectivity index (χ1) is 14.7. The van der Waals surface area contributed by atoms with Crippen LogP contribution >= 0.6 is 0 Å². The lowest BCUT2D eigenvalue weighted by molar-refractivity contribution is -0.113. The fourth-order valence-electron chi connectivity index (χ4n) is 3.61. The van der Waals surface area contributed by atoms with Crippen LogP contribution in [0.1, 0.15) is 36.2 Å². The summed E-state index contributed by atoms with van der Waals surface area (Å²) in [5.41, 5.74) is 11.7. The molecule has 6 nitrogen and oxygen atoms in total. The number of aromatic nitrogens is 1. The molecule has 2 amide bonds. The molecule has 4 N–H and O–H groups in total. The van der Waals surface area contributed by atoms with Crippen molar-refractivity contribution in [2.45, 2.75) is 33.7 Å². The van der Waals surface area contributed by atoms with Gasteiger partial charge < -0.3 is 16.2 Å². The maximum Gasteiger partial charge on any atom is 0.404 e. The number of aryl methyl sites for hydroxylation is 1. The predicted molar refractivity (Wildman–Crippen MR) is 124 cm³/mol. The molecule has 0 aliphatic carbocycles. The number of primary amides is 1. The van der Waals surface area contributed by atoms with E-state index in [1.165, 1.54) is 6.08 Å². The van der Waals surface area contributed by atoms with Crippen LogP contribution in [0.2, 0.25) is 0 Å². The molecule has 0 spiro atoms. The van der Waals surface area contributed by atoms with Gasteiger partial charge in [-0.2, -0.15) is 0 Å². The molecular formula is C25H27N3O3. The molecule has 2 aromatic carbocycles. The average Bonchev–Trinajstić information content (AvgIpc) is 2.70. The highest BCUT2D eigenvalue weighted by Gasteiger charge is 2.18. The number of amides is 2. The Morgan fingerprint density at radius 1 is 1.16 bits per heavy atom. The first kappa shape index (κ1) is 22.0. The van der Waals surface area contributed by atoms with Crippen LogP contribution in [0, 0.1) is 12.8 Å². The van der Waals surface area contributed by atoms with Gasteiger partial charge in [-0.15, -0.1) is 0 Å². The molecular weight excluding hydrogens is 390 g/mol. The van der Waals surface area contributed by atoms with E-state index in [4.69, 9.17) is 10.7 Å². The molecule has 0 fully saturated rings. The zero-order valence-electron chi connectivity index (χ0n) is 18.0. The number of benzene rings is 2. The van der Waals surface area contributed by atoms with Crippen LogP contribution < -0.4 is 11.1 Å². The molecule has 0 saturated heterocycles. The number of fused-ring (bicyclic) bond motifs is 1. The predicted octanol–water partition coefficient (Wildman–Crippen LogP) is 4.67. The molecule has 0 aliphatic heterocycles. The summed E-state index contributed by atoms with van der Waals surface area (Å²) in [4.78, 5) is 27.3. The van der Waals surface area contributed by atoms with Gasteiger partial charge in [0.15, 0.2) is 0 Å². The Balaban J connectivity index is 2.33. The van der Waals surface area contributed by atoms with Gasteiger partial charge >= 0.3 is 6.09 Å². The fourth-order valence-corrected chi connectivity index (χ4v) is 3.61. The first-order valence-corrected chi connectivity index (χ1v) is 10.2. The Bertz CT molecular complexity index is 1150. The number of pyridine rings is 1. The van der Waals surface area contributed by atoms with E-state index in [-0.39, 0.29) is 6.54 Å². The summed E-state index contributed by atoms with van der Waals surface area (Å²) in [5, 5.41) is 12.7. The number of carboxylic acid groups (broad SMARTS) is 1. The van der Waals surface area contributed by atoms with E-state index in [0.29, 0.717) is 5.92 Å². The smallest absolute Gasteiger partial charge is 0.404 e. The van der Waals surface area contributed by atoms with Crippen molar-refractivity contribution in [1.82, 2.24) is 10.3 Å². The quantitative estimate of drug-likeness (QED) is 0.486.